The largest absolute Gasteiger partial charge is 0.350 e. The third-order valence-corrected chi connectivity index (χ3v) is 7.81. The van der Waals surface area contributed by atoms with Gasteiger partial charge in [-0.1, -0.05) is 50.1 Å². The van der Waals surface area contributed by atoms with E-state index in [0.717, 1.165) is 30.4 Å². The summed E-state index contributed by atoms with van der Waals surface area (Å²) in [4.78, 5) is 25.6. The molecule has 1 atom stereocenters. The summed E-state index contributed by atoms with van der Waals surface area (Å²) < 4.78 is 27.1. The van der Waals surface area contributed by atoms with Gasteiger partial charge in [0, 0.05) is 25.2 Å². The maximum Gasteiger partial charge on any atom is 0.251 e. The van der Waals surface area contributed by atoms with Crippen LogP contribution in [0, 0.1) is 12.8 Å². The Hall–Kier alpha value is -2.71. The van der Waals surface area contributed by atoms with E-state index >= 15 is 0 Å². The molecule has 0 saturated carbocycles. The number of sulfonamides is 1. The lowest BCUT2D eigenvalue weighted by molar-refractivity contribution is -0.124. The number of rotatable bonds is 8. The van der Waals surface area contributed by atoms with Gasteiger partial charge in [0.15, 0.2) is 0 Å². The zero-order valence-corrected chi connectivity index (χ0v) is 20.3. The Morgan fingerprint density at radius 1 is 0.939 bits per heavy atom. The van der Waals surface area contributed by atoms with E-state index < -0.39 is 16.1 Å². The van der Waals surface area contributed by atoms with Crippen LogP contribution in [-0.2, 0) is 21.4 Å². The van der Waals surface area contributed by atoms with Gasteiger partial charge in [0.2, 0.25) is 15.9 Å². The third kappa shape index (κ3) is 6.42. The highest BCUT2D eigenvalue weighted by Crippen LogP contribution is 2.21. The lowest BCUT2D eigenvalue weighted by atomic mass is 10.0. The van der Waals surface area contributed by atoms with Gasteiger partial charge < -0.3 is 10.6 Å². The van der Waals surface area contributed by atoms with Crippen LogP contribution < -0.4 is 10.6 Å². The standard InChI is InChI=1S/C25H33N3O4S/c1-18(2)23(27-24(29)21-11-7-19(3)8-12-21)25(30)26-17-20-9-13-22(14-10-20)33(31,32)28-15-5-4-6-16-28/h7-14,18,23H,4-6,15-17H2,1-3H3,(H,26,30)(H,27,29)/t23-/m0/s1. The van der Waals surface area contributed by atoms with E-state index in [1.807, 2.05) is 32.9 Å². The number of hydrogen-bond donors (Lipinski definition) is 2. The summed E-state index contributed by atoms with van der Waals surface area (Å²) in [5.74, 6) is -0.678. The minimum absolute atomic E-state index is 0.100. The van der Waals surface area contributed by atoms with E-state index in [1.54, 1.807) is 36.4 Å². The molecule has 178 valence electrons. The summed E-state index contributed by atoms with van der Waals surface area (Å²) in [6, 6.07) is 13.1. The van der Waals surface area contributed by atoms with Gasteiger partial charge in [0.25, 0.3) is 5.91 Å². The van der Waals surface area contributed by atoms with Gasteiger partial charge in [-0.25, -0.2) is 8.42 Å². The van der Waals surface area contributed by atoms with Crippen LogP contribution in [0.2, 0.25) is 0 Å². The number of nitrogens with zero attached hydrogens (tertiary/aromatic N) is 1. The molecule has 0 spiro atoms. The second kappa shape index (κ2) is 10.9. The molecule has 1 aliphatic heterocycles. The van der Waals surface area contributed by atoms with E-state index in [4.69, 9.17) is 0 Å². The Balaban J connectivity index is 1.59. The number of carbonyl (C=O) groups is 2. The van der Waals surface area contributed by atoms with Crippen molar-refractivity contribution in [2.75, 3.05) is 13.1 Å². The molecule has 1 saturated heterocycles. The van der Waals surface area contributed by atoms with Crippen molar-refractivity contribution in [3.8, 4) is 0 Å². The Bertz CT molecular complexity index is 1060. The van der Waals surface area contributed by atoms with Crippen molar-refractivity contribution in [1.82, 2.24) is 14.9 Å². The van der Waals surface area contributed by atoms with Crippen LogP contribution >= 0.6 is 0 Å². The van der Waals surface area contributed by atoms with Crippen LogP contribution in [0.1, 0.15) is 54.6 Å². The summed E-state index contributed by atoms with van der Waals surface area (Å²) >= 11 is 0. The molecule has 8 heteroatoms. The lowest BCUT2D eigenvalue weighted by Crippen LogP contribution is -2.49. The SMILES string of the molecule is Cc1ccc(C(=O)N[C@H](C(=O)NCc2ccc(S(=O)(=O)N3CCCCC3)cc2)C(C)C)cc1. The predicted molar refractivity (Wildman–Crippen MR) is 128 cm³/mol. The van der Waals surface area contributed by atoms with Gasteiger partial charge in [-0.3, -0.25) is 9.59 Å². The fourth-order valence-corrected chi connectivity index (χ4v) is 5.31. The smallest absolute Gasteiger partial charge is 0.251 e. The van der Waals surface area contributed by atoms with Crippen molar-refractivity contribution < 1.29 is 18.0 Å². The van der Waals surface area contributed by atoms with Gasteiger partial charge in [-0.15, -0.1) is 0 Å². The molecular formula is C25H33N3O4S. The van der Waals surface area contributed by atoms with Crippen molar-refractivity contribution in [2.45, 2.75) is 57.5 Å². The molecule has 33 heavy (non-hydrogen) atoms. The molecule has 2 amide bonds. The summed E-state index contributed by atoms with van der Waals surface area (Å²) in [5, 5.41) is 5.67. The first-order valence-corrected chi connectivity index (χ1v) is 12.9. The zero-order chi connectivity index (χ0) is 24.0. The molecule has 0 bridgehead atoms. The van der Waals surface area contributed by atoms with Gasteiger partial charge in [0.1, 0.15) is 6.04 Å². The number of hydrogen-bond acceptors (Lipinski definition) is 4. The lowest BCUT2D eigenvalue weighted by Gasteiger charge is -2.26. The number of carbonyl (C=O) groups excluding carboxylic acids is 2. The molecule has 1 aliphatic rings. The molecule has 0 radical (unpaired) electrons. The third-order valence-electron chi connectivity index (χ3n) is 5.89. The molecule has 2 N–H and O–H groups in total. The van der Waals surface area contributed by atoms with Crippen LogP contribution in [0.3, 0.4) is 0 Å². The van der Waals surface area contributed by atoms with Crippen molar-refractivity contribution in [2.24, 2.45) is 5.92 Å². The number of benzene rings is 2. The first-order valence-electron chi connectivity index (χ1n) is 11.4. The Morgan fingerprint density at radius 2 is 1.55 bits per heavy atom. The van der Waals surface area contributed by atoms with E-state index in [-0.39, 0.29) is 29.2 Å². The zero-order valence-electron chi connectivity index (χ0n) is 19.5. The van der Waals surface area contributed by atoms with Gasteiger partial charge >= 0.3 is 0 Å². The van der Waals surface area contributed by atoms with Crippen LogP contribution in [0.4, 0.5) is 0 Å². The summed E-state index contributed by atoms with van der Waals surface area (Å²) in [6.45, 7) is 7.06. The topological polar surface area (TPSA) is 95.6 Å². The minimum Gasteiger partial charge on any atom is -0.350 e. The van der Waals surface area contributed by atoms with Crippen molar-refractivity contribution >= 4 is 21.8 Å². The molecule has 7 nitrogen and oxygen atoms in total. The van der Waals surface area contributed by atoms with Crippen molar-refractivity contribution in [3.63, 3.8) is 0 Å². The first-order chi connectivity index (χ1) is 15.7. The molecule has 1 heterocycles. The van der Waals surface area contributed by atoms with Crippen LogP contribution in [0.25, 0.3) is 0 Å². The maximum atomic E-state index is 12.8. The Labute approximate surface area is 196 Å². The van der Waals surface area contributed by atoms with E-state index in [0.29, 0.717) is 18.7 Å². The monoisotopic (exact) mass is 471 g/mol. The normalized spacial score (nSPS) is 15.8. The highest BCUT2D eigenvalue weighted by Gasteiger charge is 2.26. The maximum absolute atomic E-state index is 12.8. The highest BCUT2D eigenvalue weighted by atomic mass is 32.2. The molecule has 0 aromatic heterocycles. The van der Waals surface area contributed by atoms with Crippen molar-refractivity contribution in [1.29, 1.82) is 0 Å². The summed E-state index contributed by atoms with van der Waals surface area (Å²) in [5.41, 5.74) is 2.34. The quantitative estimate of drug-likeness (QED) is 0.618. The number of nitrogens with one attached hydrogen (secondary N) is 2. The van der Waals surface area contributed by atoms with Gasteiger partial charge in [-0.2, -0.15) is 4.31 Å². The molecule has 0 unspecified atom stereocenters. The highest BCUT2D eigenvalue weighted by molar-refractivity contribution is 7.89. The molecule has 2 aromatic carbocycles. The van der Waals surface area contributed by atoms with E-state index in [2.05, 4.69) is 10.6 Å². The second-order valence-electron chi connectivity index (χ2n) is 8.89. The molecule has 3 rings (SSSR count). The Morgan fingerprint density at radius 3 is 2.12 bits per heavy atom. The predicted octanol–water partition coefficient (Wildman–Crippen LogP) is 3.24. The molecular weight excluding hydrogens is 438 g/mol. The van der Waals surface area contributed by atoms with E-state index in [9.17, 15) is 18.0 Å². The molecule has 0 aliphatic carbocycles. The molecule has 1 fully saturated rings. The van der Waals surface area contributed by atoms with Crippen LogP contribution in [0.5, 0.6) is 0 Å². The van der Waals surface area contributed by atoms with Gasteiger partial charge in [0.05, 0.1) is 4.90 Å². The summed E-state index contributed by atoms with van der Waals surface area (Å²) in [6.07, 6.45) is 2.84. The number of amides is 2. The average Bonchev–Trinajstić information content (AvgIpc) is 2.82. The van der Waals surface area contributed by atoms with Crippen molar-refractivity contribution in [3.05, 3.63) is 65.2 Å². The fraction of sp³-hybridized carbons (Fsp3) is 0.440. The fourth-order valence-electron chi connectivity index (χ4n) is 3.80. The number of piperidine rings is 1. The first kappa shape index (κ1) is 24.9. The van der Waals surface area contributed by atoms with E-state index in [1.165, 1.54) is 4.31 Å². The summed E-state index contributed by atoms with van der Waals surface area (Å²) in [7, 11) is -3.48. The Kier molecular flexibility index (Phi) is 8.26. The van der Waals surface area contributed by atoms with Gasteiger partial charge in [-0.05, 0) is 55.5 Å². The second-order valence-corrected chi connectivity index (χ2v) is 10.8. The van der Waals surface area contributed by atoms with Crippen LogP contribution in [-0.4, -0.2) is 43.7 Å². The molecule has 2 aromatic rings. The minimum atomic E-state index is -3.48. The number of aryl methyl sites for hydroxylation is 1. The van der Waals surface area contributed by atoms with Crippen LogP contribution in [0.15, 0.2) is 53.4 Å². The average molecular weight is 472 g/mol.